The molecule has 1 amide bonds. The smallest absolute Gasteiger partial charge is 0.252 e. The van der Waals surface area contributed by atoms with Gasteiger partial charge < -0.3 is 11.1 Å². The van der Waals surface area contributed by atoms with E-state index >= 15 is 0 Å². The molecule has 0 aliphatic rings. The summed E-state index contributed by atoms with van der Waals surface area (Å²) in [5.41, 5.74) is 6.37. The van der Waals surface area contributed by atoms with Gasteiger partial charge in [0.15, 0.2) is 0 Å². The number of rotatable bonds is 5. The van der Waals surface area contributed by atoms with E-state index in [0.717, 1.165) is 14.9 Å². The van der Waals surface area contributed by atoms with Gasteiger partial charge in [0, 0.05) is 18.0 Å². The van der Waals surface area contributed by atoms with E-state index in [0.29, 0.717) is 12.5 Å². The van der Waals surface area contributed by atoms with Crippen LogP contribution in [0.1, 0.15) is 30.6 Å². The minimum Gasteiger partial charge on any atom is -0.348 e. The summed E-state index contributed by atoms with van der Waals surface area (Å²) < 4.78 is 1.12. The average molecular weight is 389 g/mol. The Morgan fingerprint density at radius 2 is 2.24 bits per heavy atom. The van der Waals surface area contributed by atoms with Crippen LogP contribution < -0.4 is 11.1 Å². The van der Waals surface area contributed by atoms with Crippen LogP contribution in [0.25, 0.3) is 0 Å². The van der Waals surface area contributed by atoms with Crippen molar-refractivity contribution in [3.8, 4) is 0 Å². The Bertz CT molecular complexity index is 357. The molecule has 1 atom stereocenters. The van der Waals surface area contributed by atoms with Crippen molar-refractivity contribution in [1.82, 2.24) is 5.32 Å². The molecule has 98 valence electrons. The monoisotopic (exact) mass is 388 g/mol. The van der Waals surface area contributed by atoms with E-state index in [1.807, 2.05) is 11.4 Å². The zero-order valence-corrected chi connectivity index (χ0v) is 13.7. The van der Waals surface area contributed by atoms with E-state index in [1.54, 1.807) is 11.3 Å². The van der Waals surface area contributed by atoms with E-state index in [4.69, 9.17) is 5.73 Å². The maximum atomic E-state index is 11.8. The molecule has 0 bridgehead atoms. The van der Waals surface area contributed by atoms with Crippen molar-refractivity contribution in [2.75, 3.05) is 6.54 Å². The molecular weight excluding hydrogens is 371 g/mol. The molecule has 0 fully saturated rings. The van der Waals surface area contributed by atoms with Crippen LogP contribution in [0.5, 0.6) is 0 Å². The van der Waals surface area contributed by atoms with Gasteiger partial charge >= 0.3 is 0 Å². The first kappa shape index (κ1) is 17.2. The Hall–Kier alpha value is 0.150. The van der Waals surface area contributed by atoms with Crippen LogP contribution in [0.2, 0.25) is 0 Å². The Labute approximate surface area is 126 Å². The number of carbonyl (C=O) groups excluding carboxylic acids is 1. The number of hydrogen-bond donors (Lipinski definition) is 2. The van der Waals surface area contributed by atoms with Crippen LogP contribution in [0, 0.1) is 8.80 Å². The molecule has 1 aromatic heterocycles. The van der Waals surface area contributed by atoms with E-state index in [9.17, 15) is 4.79 Å². The van der Waals surface area contributed by atoms with Crippen molar-refractivity contribution in [2.45, 2.75) is 26.3 Å². The highest BCUT2D eigenvalue weighted by Gasteiger charge is 2.14. The molecule has 6 heteroatoms. The van der Waals surface area contributed by atoms with E-state index in [2.05, 4.69) is 41.8 Å². The number of halogens is 2. The molecule has 1 heterocycles. The molecular formula is C11H18ClIN2OS. The van der Waals surface area contributed by atoms with E-state index < -0.39 is 0 Å². The second-order valence-electron chi connectivity index (χ2n) is 4.18. The normalized spacial score (nSPS) is 12.1. The third-order valence-electron chi connectivity index (χ3n) is 2.21. The summed E-state index contributed by atoms with van der Waals surface area (Å²) in [6.07, 6.45) is 0.920. The van der Waals surface area contributed by atoms with Gasteiger partial charge in [0.25, 0.3) is 5.91 Å². The zero-order chi connectivity index (χ0) is 12.1. The number of thiophene rings is 1. The maximum absolute atomic E-state index is 11.8. The second kappa shape index (κ2) is 8.29. The SMILES string of the molecule is CC(C)CC(CN)NC(=O)c1csc(I)c1.Cl. The lowest BCUT2D eigenvalue weighted by atomic mass is 10.0. The van der Waals surface area contributed by atoms with Gasteiger partial charge in [-0.15, -0.1) is 23.7 Å². The number of amides is 1. The molecule has 1 unspecified atom stereocenters. The minimum absolute atomic E-state index is 0. The van der Waals surface area contributed by atoms with Crippen molar-refractivity contribution < 1.29 is 4.79 Å². The Kier molecular flexibility index (Phi) is 8.36. The molecule has 3 N–H and O–H groups in total. The van der Waals surface area contributed by atoms with Crippen LogP contribution in [0.3, 0.4) is 0 Å². The predicted octanol–water partition coefficient (Wildman–Crippen LogP) is 2.88. The highest BCUT2D eigenvalue weighted by atomic mass is 127. The minimum atomic E-state index is -0.0183. The average Bonchev–Trinajstić information content (AvgIpc) is 2.63. The lowest BCUT2D eigenvalue weighted by Crippen LogP contribution is -2.40. The molecule has 0 saturated carbocycles. The third kappa shape index (κ3) is 6.03. The molecule has 0 aliphatic heterocycles. The topological polar surface area (TPSA) is 55.1 Å². The molecule has 0 saturated heterocycles. The van der Waals surface area contributed by atoms with Crippen LogP contribution in [-0.2, 0) is 0 Å². The fraction of sp³-hybridized carbons (Fsp3) is 0.545. The van der Waals surface area contributed by atoms with Gasteiger partial charge in [0.1, 0.15) is 0 Å². The molecule has 0 aliphatic carbocycles. The molecule has 0 aromatic carbocycles. The first-order valence-electron chi connectivity index (χ1n) is 5.28. The Balaban J connectivity index is 0.00000256. The van der Waals surface area contributed by atoms with Gasteiger partial charge in [-0.05, 0) is 41.0 Å². The summed E-state index contributed by atoms with van der Waals surface area (Å²) in [6.45, 7) is 4.75. The number of nitrogens with one attached hydrogen (secondary N) is 1. The van der Waals surface area contributed by atoms with Crippen LogP contribution in [0.4, 0.5) is 0 Å². The van der Waals surface area contributed by atoms with Crippen LogP contribution in [0.15, 0.2) is 11.4 Å². The molecule has 3 nitrogen and oxygen atoms in total. The number of carbonyl (C=O) groups is 1. The standard InChI is InChI=1S/C11H17IN2OS.ClH/c1-7(2)3-9(5-13)14-11(15)8-4-10(12)16-6-8;/h4,6-7,9H,3,5,13H2,1-2H3,(H,14,15);1H. The van der Waals surface area contributed by atoms with Gasteiger partial charge in [-0.3, -0.25) is 4.79 Å². The highest BCUT2D eigenvalue weighted by molar-refractivity contribution is 14.1. The van der Waals surface area contributed by atoms with E-state index in [-0.39, 0.29) is 24.4 Å². The lowest BCUT2D eigenvalue weighted by Gasteiger charge is -2.18. The van der Waals surface area contributed by atoms with Gasteiger partial charge in [-0.25, -0.2) is 0 Å². The summed E-state index contributed by atoms with van der Waals surface area (Å²) in [4.78, 5) is 11.8. The largest absolute Gasteiger partial charge is 0.348 e. The molecule has 0 radical (unpaired) electrons. The van der Waals surface area contributed by atoms with Crippen LogP contribution >= 0.6 is 46.3 Å². The second-order valence-corrected chi connectivity index (χ2v) is 6.98. The van der Waals surface area contributed by atoms with Crippen molar-refractivity contribution >= 4 is 52.2 Å². The summed E-state index contributed by atoms with van der Waals surface area (Å²) in [5, 5.41) is 4.84. The number of hydrogen-bond acceptors (Lipinski definition) is 3. The quantitative estimate of drug-likeness (QED) is 0.762. The maximum Gasteiger partial charge on any atom is 0.252 e. The Morgan fingerprint density at radius 3 is 2.65 bits per heavy atom. The van der Waals surface area contributed by atoms with Crippen LogP contribution in [-0.4, -0.2) is 18.5 Å². The van der Waals surface area contributed by atoms with Gasteiger partial charge in [-0.1, -0.05) is 13.8 Å². The highest BCUT2D eigenvalue weighted by Crippen LogP contribution is 2.16. The summed E-state index contributed by atoms with van der Waals surface area (Å²) in [5.74, 6) is 0.520. The fourth-order valence-corrected chi connectivity index (χ4v) is 2.81. The molecule has 0 spiro atoms. The van der Waals surface area contributed by atoms with Crippen molar-refractivity contribution in [1.29, 1.82) is 0 Å². The Morgan fingerprint density at radius 1 is 1.59 bits per heavy atom. The molecule has 1 rings (SSSR count). The first-order valence-corrected chi connectivity index (χ1v) is 7.23. The van der Waals surface area contributed by atoms with Gasteiger partial charge in [0.2, 0.25) is 0 Å². The summed E-state index contributed by atoms with van der Waals surface area (Å²) in [7, 11) is 0. The van der Waals surface area contributed by atoms with E-state index in [1.165, 1.54) is 0 Å². The van der Waals surface area contributed by atoms with Gasteiger partial charge in [-0.2, -0.15) is 0 Å². The van der Waals surface area contributed by atoms with Gasteiger partial charge in [0.05, 0.1) is 8.45 Å². The van der Waals surface area contributed by atoms with Crippen molar-refractivity contribution in [3.63, 3.8) is 0 Å². The zero-order valence-electron chi connectivity index (χ0n) is 9.90. The van der Waals surface area contributed by atoms with Crippen molar-refractivity contribution in [2.24, 2.45) is 11.7 Å². The van der Waals surface area contributed by atoms with Crippen molar-refractivity contribution in [3.05, 3.63) is 19.9 Å². The third-order valence-corrected chi connectivity index (χ3v) is 3.99. The summed E-state index contributed by atoms with van der Waals surface area (Å²) >= 11 is 3.79. The predicted molar refractivity (Wildman–Crippen MR) is 84.0 cm³/mol. The molecule has 1 aromatic rings. The number of nitrogens with two attached hydrogens (primary N) is 1. The first-order chi connectivity index (χ1) is 7.52. The molecule has 17 heavy (non-hydrogen) atoms. The fourth-order valence-electron chi connectivity index (χ4n) is 1.48. The summed E-state index contributed by atoms with van der Waals surface area (Å²) in [6, 6.07) is 1.97. The lowest BCUT2D eigenvalue weighted by molar-refractivity contribution is 0.0934.